The first kappa shape index (κ1) is 15.3. The first-order valence-corrected chi connectivity index (χ1v) is 7.61. The normalized spacial score (nSPS) is 11.2. The van der Waals surface area contributed by atoms with Crippen LogP contribution in [-0.4, -0.2) is 31.3 Å². The van der Waals surface area contributed by atoms with Crippen molar-refractivity contribution in [1.82, 2.24) is 9.29 Å². The second kappa shape index (κ2) is 6.54. The second-order valence-corrected chi connectivity index (χ2v) is 6.30. The van der Waals surface area contributed by atoms with Gasteiger partial charge in [0.05, 0.1) is 19.4 Å². The highest BCUT2D eigenvalue weighted by molar-refractivity contribution is 7.89. The third kappa shape index (κ3) is 3.70. The average Bonchev–Trinajstić information content (AvgIpc) is 2.98. The summed E-state index contributed by atoms with van der Waals surface area (Å²) >= 11 is 0. The Morgan fingerprint density at radius 3 is 2.90 bits per heavy atom. The minimum atomic E-state index is -3.65. The molecule has 110 valence electrons. The standard InChI is InChI=1S/C14H15N3O3S/c1-17(11-13-5-3-7-20-13)21(18,19)14-8-12(4-2-6-15)9-16-10-14/h3,5,7-10H,6,11,15H2,1H3. The lowest BCUT2D eigenvalue weighted by Crippen LogP contribution is -2.26. The van der Waals surface area contributed by atoms with Gasteiger partial charge in [-0.2, -0.15) is 4.31 Å². The molecule has 0 saturated heterocycles. The molecule has 0 radical (unpaired) electrons. The number of nitrogens with two attached hydrogens (primary N) is 1. The van der Waals surface area contributed by atoms with E-state index in [-0.39, 0.29) is 18.0 Å². The highest BCUT2D eigenvalue weighted by Gasteiger charge is 2.22. The molecule has 0 fully saturated rings. The van der Waals surface area contributed by atoms with Gasteiger partial charge in [0, 0.05) is 25.0 Å². The number of furan rings is 1. The minimum Gasteiger partial charge on any atom is -0.468 e. The summed E-state index contributed by atoms with van der Waals surface area (Å²) in [6, 6.07) is 4.90. The van der Waals surface area contributed by atoms with Gasteiger partial charge in [-0.25, -0.2) is 8.42 Å². The predicted octanol–water partition coefficient (Wildman–Crippen LogP) is 0.805. The zero-order valence-electron chi connectivity index (χ0n) is 11.5. The van der Waals surface area contributed by atoms with Crippen LogP contribution in [0, 0.1) is 11.8 Å². The van der Waals surface area contributed by atoms with Gasteiger partial charge in [0.1, 0.15) is 10.7 Å². The quantitative estimate of drug-likeness (QED) is 0.844. The van der Waals surface area contributed by atoms with Crippen LogP contribution in [0.25, 0.3) is 0 Å². The fourth-order valence-electron chi connectivity index (χ4n) is 1.67. The van der Waals surface area contributed by atoms with Gasteiger partial charge >= 0.3 is 0 Å². The Morgan fingerprint density at radius 1 is 1.43 bits per heavy atom. The largest absolute Gasteiger partial charge is 0.468 e. The van der Waals surface area contributed by atoms with Crippen molar-refractivity contribution in [1.29, 1.82) is 0 Å². The van der Waals surface area contributed by atoms with Crippen molar-refractivity contribution in [2.45, 2.75) is 11.4 Å². The van der Waals surface area contributed by atoms with Gasteiger partial charge in [-0.15, -0.1) is 0 Å². The van der Waals surface area contributed by atoms with Crippen LogP contribution >= 0.6 is 0 Å². The molecular weight excluding hydrogens is 290 g/mol. The number of hydrogen-bond acceptors (Lipinski definition) is 5. The maximum atomic E-state index is 12.5. The molecule has 0 aliphatic rings. The van der Waals surface area contributed by atoms with E-state index in [1.54, 1.807) is 12.1 Å². The van der Waals surface area contributed by atoms with Crippen LogP contribution < -0.4 is 5.73 Å². The summed E-state index contributed by atoms with van der Waals surface area (Å²) in [4.78, 5) is 3.99. The minimum absolute atomic E-state index is 0.0837. The number of hydrogen-bond donors (Lipinski definition) is 1. The van der Waals surface area contributed by atoms with Gasteiger partial charge in [-0.1, -0.05) is 11.8 Å². The highest BCUT2D eigenvalue weighted by atomic mass is 32.2. The van der Waals surface area contributed by atoms with Crippen LogP contribution in [0.3, 0.4) is 0 Å². The fourth-order valence-corrected chi connectivity index (χ4v) is 2.80. The number of sulfonamides is 1. The molecule has 6 nitrogen and oxygen atoms in total. The fraction of sp³-hybridized carbons (Fsp3) is 0.214. The SMILES string of the molecule is CN(Cc1ccco1)S(=O)(=O)c1cncc(C#CCN)c1. The molecule has 0 bridgehead atoms. The summed E-state index contributed by atoms with van der Waals surface area (Å²) in [5.41, 5.74) is 5.80. The van der Waals surface area contributed by atoms with Crippen LogP contribution in [0.2, 0.25) is 0 Å². The van der Waals surface area contributed by atoms with Crippen LogP contribution in [0.1, 0.15) is 11.3 Å². The van der Waals surface area contributed by atoms with Gasteiger partial charge in [-0.3, -0.25) is 4.98 Å². The molecule has 7 heteroatoms. The molecule has 0 amide bonds. The van der Waals surface area contributed by atoms with Crippen molar-refractivity contribution < 1.29 is 12.8 Å². The van der Waals surface area contributed by atoms with Gasteiger partial charge in [-0.05, 0) is 18.2 Å². The first-order chi connectivity index (χ1) is 10.0. The average molecular weight is 305 g/mol. The topological polar surface area (TPSA) is 89.4 Å². The van der Waals surface area contributed by atoms with Crippen molar-refractivity contribution in [2.75, 3.05) is 13.6 Å². The molecule has 2 aromatic rings. The molecule has 0 spiro atoms. The van der Waals surface area contributed by atoms with E-state index in [2.05, 4.69) is 16.8 Å². The van der Waals surface area contributed by atoms with Crippen LogP contribution in [0.4, 0.5) is 0 Å². The van der Waals surface area contributed by atoms with Crippen LogP contribution in [0.5, 0.6) is 0 Å². The van der Waals surface area contributed by atoms with Gasteiger partial charge in [0.25, 0.3) is 0 Å². The van der Waals surface area contributed by atoms with Crippen molar-refractivity contribution >= 4 is 10.0 Å². The molecule has 0 saturated carbocycles. The third-order valence-corrected chi connectivity index (χ3v) is 4.48. The summed E-state index contributed by atoms with van der Waals surface area (Å²) in [5.74, 6) is 5.99. The smallest absolute Gasteiger partial charge is 0.244 e. The van der Waals surface area contributed by atoms with E-state index in [1.165, 1.54) is 36.1 Å². The Balaban J connectivity index is 2.26. The molecule has 0 atom stereocenters. The Labute approximate surface area is 123 Å². The van der Waals surface area contributed by atoms with Gasteiger partial charge in [0.15, 0.2) is 0 Å². The van der Waals surface area contributed by atoms with E-state index in [0.29, 0.717) is 11.3 Å². The summed E-state index contributed by atoms with van der Waals surface area (Å²) in [6.45, 7) is 0.351. The van der Waals surface area contributed by atoms with E-state index in [1.807, 2.05) is 0 Å². The van der Waals surface area contributed by atoms with E-state index in [0.717, 1.165) is 0 Å². The van der Waals surface area contributed by atoms with E-state index in [4.69, 9.17) is 10.2 Å². The molecule has 2 N–H and O–H groups in total. The number of aromatic nitrogens is 1. The van der Waals surface area contributed by atoms with Crippen molar-refractivity contribution in [3.63, 3.8) is 0 Å². The molecule has 2 rings (SSSR count). The monoisotopic (exact) mass is 305 g/mol. The zero-order valence-corrected chi connectivity index (χ0v) is 12.3. The Hall–Kier alpha value is -2.14. The Kier molecular flexibility index (Phi) is 4.75. The van der Waals surface area contributed by atoms with Crippen LogP contribution in [0.15, 0.2) is 46.2 Å². The number of rotatable bonds is 4. The van der Waals surface area contributed by atoms with Gasteiger partial charge < -0.3 is 10.2 Å². The van der Waals surface area contributed by atoms with Crippen molar-refractivity contribution in [2.24, 2.45) is 5.73 Å². The first-order valence-electron chi connectivity index (χ1n) is 6.17. The second-order valence-electron chi connectivity index (χ2n) is 4.26. The maximum Gasteiger partial charge on any atom is 0.244 e. The molecule has 2 heterocycles. The number of nitrogens with zero attached hydrogens (tertiary/aromatic N) is 2. The van der Waals surface area contributed by atoms with Crippen LogP contribution in [-0.2, 0) is 16.6 Å². The van der Waals surface area contributed by atoms with E-state index in [9.17, 15) is 8.42 Å². The third-order valence-electron chi connectivity index (χ3n) is 2.71. The lowest BCUT2D eigenvalue weighted by atomic mass is 10.3. The summed E-state index contributed by atoms with van der Waals surface area (Å²) in [5, 5.41) is 0. The molecule has 2 aromatic heterocycles. The van der Waals surface area contributed by atoms with Gasteiger partial charge in [0.2, 0.25) is 10.0 Å². The Bertz CT molecular complexity index is 758. The molecular formula is C14H15N3O3S. The van der Waals surface area contributed by atoms with E-state index < -0.39 is 10.0 Å². The zero-order chi connectivity index (χ0) is 15.3. The van der Waals surface area contributed by atoms with Crippen molar-refractivity contribution in [3.8, 4) is 11.8 Å². The Morgan fingerprint density at radius 2 is 2.24 bits per heavy atom. The molecule has 0 aromatic carbocycles. The number of pyridine rings is 1. The molecule has 0 aliphatic carbocycles. The molecule has 21 heavy (non-hydrogen) atoms. The van der Waals surface area contributed by atoms with E-state index >= 15 is 0 Å². The molecule has 0 aliphatic heterocycles. The predicted molar refractivity (Wildman–Crippen MR) is 77.5 cm³/mol. The summed E-state index contributed by atoms with van der Waals surface area (Å²) in [7, 11) is -2.17. The lowest BCUT2D eigenvalue weighted by Gasteiger charge is -2.15. The lowest BCUT2D eigenvalue weighted by molar-refractivity contribution is 0.406. The summed E-state index contributed by atoms with van der Waals surface area (Å²) < 4.78 is 31.3. The highest BCUT2D eigenvalue weighted by Crippen LogP contribution is 2.17. The molecule has 0 unspecified atom stereocenters. The summed E-state index contributed by atoms with van der Waals surface area (Å²) in [6.07, 6.45) is 4.29. The van der Waals surface area contributed by atoms with Crippen molar-refractivity contribution in [3.05, 3.63) is 48.2 Å². The maximum absolute atomic E-state index is 12.5.